The number of hydrogen-bond acceptors (Lipinski definition) is 5. The topological polar surface area (TPSA) is 97.0 Å². The SMILES string of the molecule is COc1cc(OC)c(N2CC(C(=O)NCC(=O)NC3CC3)CC2=O)cc1Cl. The lowest BCUT2D eigenvalue weighted by molar-refractivity contribution is -0.129. The fraction of sp³-hybridized carbons (Fsp3) is 0.500. The second kappa shape index (κ2) is 8.04. The Morgan fingerprint density at radius 2 is 1.93 bits per heavy atom. The van der Waals surface area contributed by atoms with Crippen LogP contribution in [-0.4, -0.2) is 51.1 Å². The van der Waals surface area contributed by atoms with E-state index in [9.17, 15) is 14.4 Å². The predicted molar refractivity (Wildman–Crippen MR) is 99.2 cm³/mol. The van der Waals surface area contributed by atoms with Gasteiger partial charge in [-0.15, -0.1) is 0 Å². The summed E-state index contributed by atoms with van der Waals surface area (Å²) in [6.07, 6.45) is 2.03. The summed E-state index contributed by atoms with van der Waals surface area (Å²) in [5.74, 6) is -0.436. The van der Waals surface area contributed by atoms with Crippen LogP contribution in [0.3, 0.4) is 0 Å². The maximum Gasteiger partial charge on any atom is 0.239 e. The standard InChI is InChI=1S/C18H22ClN3O5/c1-26-14-7-15(27-2)13(6-12(14)19)22-9-10(5-17(22)24)18(25)20-8-16(23)21-11-3-4-11/h6-7,10-11H,3-5,8-9H2,1-2H3,(H,20,25)(H,21,23). The lowest BCUT2D eigenvalue weighted by Gasteiger charge is -2.21. The summed E-state index contributed by atoms with van der Waals surface area (Å²) in [6.45, 7) is 0.103. The zero-order valence-corrected chi connectivity index (χ0v) is 16.0. The first kappa shape index (κ1) is 19.3. The molecule has 2 N–H and O–H groups in total. The highest BCUT2D eigenvalue weighted by molar-refractivity contribution is 6.32. The second-order valence-corrected chi connectivity index (χ2v) is 7.03. The van der Waals surface area contributed by atoms with Gasteiger partial charge in [-0.05, 0) is 18.9 Å². The molecular weight excluding hydrogens is 374 g/mol. The Labute approximate surface area is 162 Å². The number of ether oxygens (including phenoxy) is 2. The molecule has 146 valence electrons. The fourth-order valence-electron chi connectivity index (χ4n) is 2.99. The van der Waals surface area contributed by atoms with Crippen molar-refractivity contribution in [1.29, 1.82) is 0 Å². The summed E-state index contributed by atoms with van der Waals surface area (Å²) in [6, 6.07) is 3.42. The summed E-state index contributed by atoms with van der Waals surface area (Å²) in [4.78, 5) is 38.0. The molecule has 1 aromatic rings. The van der Waals surface area contributed by atoms with Crippen LogP contribution in [-0.2, 0) is 14.4 Å². The number of nitrogens with one attached hydrogen (secondary N) is 2. The van der Waals surface area contributed by atoms with Crippen molar-refractivity contribution in [2.24, 2.45) is 5.92 Å². The van der Waals surface area contributed by atoms with Crippen LogP contribution in [0, 0.1) is 5.92 Å². The van der Waals surface area contributed by atoms with Gasteiger partial charge in [0.25, 0.3) is 0 Å². The molecule has 0 bridgehead atoms. The monoisotopic (exact) mass is 395 g/mol. The second-order valence-electron chi connectivity index (χ2n) is 6.62. The van der Waals surface area contributed by atoms with Gasteiger partial charge in [-0.3, -0.25) is 14.4 Å². The number of carbonyl (C=O) groups is 3. The molecule has 1 aliphatic heterocycles. The van der Waals surface area contributed by atoms with Crippen LogP contribution >= 0.6 is 11.6 Å². The van der Waals surface area contributed by atoms with E-state index in [0.717, 1.165) is 12.8 Å². The third kappa shape index (κ3) is 4.44. The number of rotatable bonds is 7. The van der Waals surface area contributed by atoms with Gasteiger partial charge in [0.2, 0.25) is 17.7 Å². The van der Waals surface area contributed by atoms with E-state index >= 15 is 0 Å². The molecular formula is C18H22ClN3O5. The fourth-order valence-corrected chi connectivity index (χ4v) is 3.22. The molecule has 3 rings (SSSR count). The van der Waals surface area contributed by atoms with E-state index in [4.69, 9.17) is 21.1 Å². The smallest absolute Gasteiger partial charge is 0.239 e. The summed E-state index contributed by atoms with van der Waals surface area (Å²) < 4.78 is 10.5. The third-order valence-corrected chi connectivity index (χ3v) is 4.90. The van der Waals surface area contributed by atoms with Crippen LogP contribution in [0.25, 0.3) is 0 Å². The van der Waals surface area contributed by atoms with Crippen LogP contribution in [0.1, 0.15) is 19.3 Å². The largest absolute Gasteiger partial charge is 0.495 e. The summed E-state index contributed by atoms with van der Waals surface area (Å²) >= 11 is 6.17. The average Bonchev–Trinajstić information content (AvgIpc) is 3.38. The van der Waals surface area contributed by atoms with Crippen LogP contribution in [0.2, 0.25) is 5.02 Å². The Hall–Kier alpha value is -2.48. The van der Waals surface area contributed by atoms with Crippen molar-refractivity contribution in [2.75, 3.05) is 32.2 Å². The predicted octanol–water partition coefficient (Wildman–Crippen LogP) is 1.10. The van der Waals surface area contributed by atoms with Gasteiger partial charge in [-0.1, -0.05) is 11.6 Å². The zero-order valence-electron chi connectivity index (χ0n) is 15.2. The van der Waals surface area contributed by atoms with Crippen molar-refractivity contribution >= 4 is 35.0 Å². The van der Waals surface area contributed by atoms with Gasteiger partial charge < -0.3 is 25.0 Å². The molecule has 0 radical (unpaired) electrons. The maximum absolute atomic E-state index is 12.5. The van der Waals surface area contributed by atoms with E-state index in [2.05, 4.69) is 10.6 Å². The van der Waals surface area contributed by atoms with Gasteiger partial charge in [-0.25, -0.2) is 0 Å². The molecule has 1 atom stereocenters. The van der Waals surface area contributed by atoms with Crippen LogP contribution < -0.4 is 25.0 Å². The molecule has 8 nitrogen and oxygen atoms in total. The van der Waals surface area contributed by atoms with E-state index in [1.54, 1.807) is 12.1 Å². The first-order valence-electron chi connectivity index (χ1n) is 8.72. The minimum absolute atomic E-state index is 0.0584. The number of amides is 3. The Morgan fingerprint density at radius 3 is 2.56 bits per heavy atom. The van der Waals surface area contributed by atoms with Gasteiger partial charge >= 0.3 is 0 Å². The van der Waals surface area contributed by atoms with Crippen LogP contribution in [0.4, 0.5) is 5.69 Å². The van der Waals surface area contributed by atoms with E-state index in [1.807, 2.05) is 0 Å². The highest BCUT2D eigenvalue weighted by Gasteiger charge is 2.37. The van der Waals surface area contributed by atoms with Crippen LogP contribution in [0.5, 0.6) is 11.5 Å². The minimum atomic E-state index is -0.545. The molecule has 3 amide bonds. The van der Waals surface area contributed by atoms with Crippen molar-refractivity contribution in [3.05, 3.63) is 17.2 Å². The van der Waals surface area contributed by atoms with Gasteiger partial charge in [0, 0.05) is 25.1 Å². The summed E-state index contributed by atoms with van der Waals surface area (Å²) in [5, 5.41) is 5.74. The molecule has 1 aromatic carbocycles. The van der Waals surface area contributed by atoms with Crippen LogP contribution in [0.15, 0.2) is 12.1 Å². The van der Waals surface area contributed by atoms with Gasteiger partial charge in [0.05, 0.1) is 37.4 Å². The van der Waals surface area contributed by atoms with Gasteiger partial charge in [-0.2, -0.15) is 0 Å². The van der Waals surface area contributed by atoms with Crippen molar-refractivity contribution in [1.82, 2.24) is 10.6 Å². The minimum Gasteiger partial charge on any atom is -0.495 e. The zero-order chi connectivity index (χ0) is 19.6. The van der Waals surface area contributed by atoms with Gasteiger partial charge in [0.1, 0.15) is 11.5 Å². The summed E-state index contributed by atoms with van der Waals surface area (Å²) in [7, 11) is 2.97. The molecule has 27 heavy (non-hydrogen) atoms. The number of hydrogen-bond donors (Lipinski definition) is 2. The molecule has 0 aromatic heterocycles. The number of benzene rings is 1. The Morgan fingerprint density at radius 1 is 1.22 bits per heavy atom. The van der Waals surface area contributed by atoms with E-state index in [-0.39, 0.29) is 43.3 Å². The first-order chi connectivity index (χ1) is 12.9. The molecule has 2 fully saturated rings. The lowest BCUT2D eigenvalue weighted by atomic mass is 10.1. The molecule has 1 saturated heterocycles. The maximum atomic E-state index is 12.5. The Balaban J connectivity index is 1.65. The molecule has 2 aliphatic rings. The Kier molecular flexibility index (Phi) is 5.74. The Bertz CT molecular complexity index is 766. The van der Waals surface area contributed by atoms with E-state index < -0.39 is 5.92 Å². The number of anilines is 1. The first-order valence-corrected chi connectivity index (χ1v) is 9.09. The van der Waals surface area contributed by atoms with Crippen molar-refractivity contribution < 1.29 is 23.9 Å². The third-order valence-electron chi connectivity index (χ3n) is 4.61. The number of carbonyl (C=O) groups excluding carboxylic acids is 3. The molecule has 0 spiro atoms. The molecule has 1 unspecified atom stereocenters. The molecule has 9 heteroatoms. The number of nitrogens with zero attached hydrogens (tertiary/aromatic N) is 1. The molecule has 1 aliphatic carbocycles. The van der Waals surface area contributed by atoms with E-state index in [0.29, 0.717) is 22.2 Å². The molecule has 1 saturated carbocycles. The average molecular weight is 396 g/mol. The van der Waals surface area contributed by atoms with E-state index in [1.165, 1.54) is 19.1 Å². The van der Waals surface area contributed by atoms with Crippen molar-refractivity contribution in [3.63, 3.8) is 0 Å². The van der Waals surface area contributed by atoms with Crippen molar-refractivity contribution in [3.8, 4) is 11.5 Å². The highest BCUT2D eigenvalue weighted by atomic mass is 35.5. The summed E-state index contributed by atoms with van der Waals surface area (Å²) in [5.41, 5.74) is 0.482. The number of methoxy groups -OCH3 is 2. The van der Waals surface area contributed by atoms with Crippen molar-refractivity contribution in [2.45, 2.75) is 25.3 Å². The highest BCUT2D eigenvalue weighted by Crippen LogP contribution is 2.40. The molecule has 1 heterocycles. The normalized spacial score (nSPS) is 19.0. The lowest BCUT2D eigenvalue weighted by Crippen LogP contribution is -2.40. The number of halogens is 1. The quantitative estimate of drug-likeness (QED) is 0.720. The van der Waals surface area contributed by atoms with Gasteiger partial charge in [0.15, 0.2) is 0 Å².